The Kier molecular flexibility index (Phi) is 10.9. The zero-order valence-electron chi connectivity index (χ0n) is 14.5. The highest BCUT2D eigenvalue weighted by Gasteiger charge is 2.20. The van der Waals surface area contributed by atoms with Gasteiger partial charge in [-0.3, -0.25) is 9.59 Å². The van der Waals surface area contributed by atoms with E-state index in [0.717, 1.165) is 43.6 Å². The van der Waals surface area contributed by atoms with Crippen LogP contribution in [0, 0.1) is 0 Å². The summed E-state index contributed by atoms with van der Waals surface area (Å²) in [6.45, 7) is 2.26. The van der Waals surface area contributed by atoms with Crippen molar-refractivity contribution in [2.24, 2.45) is 0 Å². The van der Waals surface area contributed by atoms with Crippen LogP contribution in [0.3, 0.4) is 0 Å². The van der Waals surface area contributed by atoms with E-state index in [-0.39, 0.29) is 17.2 Å². The lowest BCUT2D eigenvalue weighted by Crippen LogP contribution is -2.18. The van der Waals surface area contributed by atoms with Crippen molar-refractivity contribution >= 4 is 23.7 Å². The smallest absolute Gasteiger partial charge is 0.319 e. The zero-order valence-corrected chi connectivity index (χ0v) is 15.3. The SMILES string of the molecule is CCOC(=O)CCCCCCCC(Sc1ccccn1)C(=O)OC. The molecule has 6 heteroatoms. The number of rotatable bonds is 12. The third-order valence-electron chi connectivity index (χ3n) is 3.52. The number of methoxy groups -OCH3 is 1. The molecular weight excluding hydrogens is 326 g/mol. The summed E-state index contributed by atoms with van der Waals surface area (Å²) in [5.41, 5.74) is 0. The first kappa shape index (κ1) is 20.5. The molecule has 0 fully saturated rings. The van der Waals surface area contributed by atoms with Gasteiger partial charge in [0.2, 0.25) is 0 Å². The van der Waals surface area contributed by atoms with Crippen LogP contribution in [0.15, 0.2) is 29.4 Å². The average molecular weight is 353 g/mol. The third-order valence-corrected chi connectivity index (χ3v) is 4.71. The van der Waals surface area contributed by atoms with Crippen LogP contribution in [-0.4, -0.2) is 35.9 Å². The van der Waals surface area contributed by atoms with Gasteiger partial charge in [-0.2, -0.15) is 0 Å². The Morgan fingerprint density at radius 1 is 1.17 bits per heavy atom. The van der Waals surface area contributed by atoms with E-state index in [0.29, 0.717) is 13.0 Å². The number of thioether (sulfide) groups is 1. The van der Waals surface area contributed by atoms with Crippen LogP contribution in [0.2, 0.25) is 0 Å². The maximum atomic E-state index is 11.9. The molecule has 0 aliphatic carbocycles. The van der Waals surface area contributed by atoms with Gasteiger partial charge in [-0.05, 0) is 31.9 Å². The molecule has 1 aromatic heterocycles. The maximum Gasteiger partial charge on any atom is 0.319 e. The molecule has 0 spiro atoms. The van der Waals surface area contributed by atoms with Crippen molar-refractivity contribution in [2.75, 3.05) is 13.7 Å². The molecule has 0 N–H and O–H groups in total. The summed E-state index contributed by atoms with van der Waals surface area (Å²) in [6.07, 6.45) is 7.91. The number of unbranched alkanes of at least 4 members (excludes halogenated alkanes) is 4. The molecule has 0 amide bonds. The second-order valence-corrected chi connectivity index (χ2v) is 6.63. The molecule has 0 aliphatic rings. The van der Waals surface area contributed by atoms with Gasteiger partial charge in [-0.25, -0.2) is 4.98 Å². The summed E-state index contributed by atoms with van der Waals surface area (Å²) in [6, 6.07) is 5.66. The summed E-state index contributed by atoms with van der Waals surface area (Å²) in [7, 11) is 1.42. The lowest BCUT2D eigenvalue weighted by Gasteiger charge is -2.13. The normalized spacial score (nSPS) is 11.8. The van der Waals surface area contributed by atoms with Crippen molar-refractivity contribution < 1.29 is 19.1 Å². The molecule has 1 heterocycles. The molecule has 0 saturated heterocycles. The average Bonchev–Trinajstić information content (AvgIpc) is 2.60. The Hall–Kier alpha value is -1.56. The van der Waals surface area contributed by atoms with Gasteiger partial charge in [-0.15, -0.1) is 0 Å². The van der Waals surface area contributed by atoms with E-state index in [9.17, 15) is 9.59 Å². The van der Waals surface area contributed by atoms with Gasteiger partial charge in [0.05, 0.1) is 18.7 Å². The minimum atomic E-state index is -0.218. The molecule has 0 saturated carbocycles. The Morgan fingerprint density at radius 3 is 2.58 bits per heavy atom. The summed E-state index contributed by atoms with van der Waals surface area (Å²) < 4.78 is 9.79. The van der Waals surface area contributed by atoms with Crippen molar-refractivity contribution in [3.63, 3.8) is 0 Å². The monoisotopic (exact) mass is 353 g/mol. The molecule has 1 atom stereocenters. The minimum Gasteiger partial charge on any atom is -0.468 e. The zero-order chi connectivity index (χ0) is 17.6. The quantitative estimate of drug-likeness (QED) is 0.321. The molecule has 0 radical (unpaired) electrons. The number of aromatic nitrogens is 1. The fourth-order valence-corrected chi connectivity index (χ4v) is 3.33. The molecule has 0 aliphatic heterocycles. The number of ether oxygens (including phenoxy) is 2. The fourth-order valence-electron chi connectivity index (χ4n) is 2.28. The highest BCUT2D eigenvalue weighted by molar-refractivity contribution is 8.00. The van der Waals surface area contributed by atoms with Crippen molar-refractivity contribution in [1.29, 1.82) is 0 Å². The van der Waals surface area contributed by atoms with Crippen LogP contribution in [0.25, 0.3) is 0 Å². The molecule has 1 aromatic rings. The number of hydrogen-bond acceptors (Lipinski definition) is 6. The lowest BCUT2D eigenvalue weighted by atomic mass is 10.1. The fraction of sp³-hybridized carbons (Fsp3) is 0.611. The molecule has 24 heavy (non-hydrogen) atoms. The van der Waals surface area contributed by atoms with E-state index in [1.165, 1.54) is 18.9 Å². The Morgan fingerprint density at radius 2 is 1.92 bits per heavy atom. The second-order valence-electron chi connectivity index (χ2n) is 5.41. The Balaban J connectivity index is 2.21. The van der Waals surface area contributed by atoms with E-state index >= 15 is 0 Å². The van der Waals surface area contributed by atoms with Crippen LogP contribution in [0.4, 0.5) is 0 Å². The summed E-state index contributed by atoms with van der Waals surface area (Å²) in [5.74, 6) is -0.317. The van der Waals surface area contributed by atoms with Gasteiger partial charge in [0.1, 0.15) is 5.25 Å². The number of carbonyl (C=O) groups excluding carboxylic acids is 2. The van der Waals surface area contributed by atoms with E-state index < -0.39 is 0 Å². The molecule has 0 bridgehead atoms. The first-order valence-electron chi connectivity index (χ1n) is 8.48. The van der Waals surface area contributed by atoms with Crippen molar-refractivity contribution in [1.82, 2.24) is 4.98 Å². The van der Waals surface area contributed by atoms with Gasteiger partial charge in [0, 0.05) is 12.6 Å². The van der Waals surface area contributed by atoms with Crippen LogP contribution in [0.1, 0.15) is 51.9 Å². The predicted octanol–water partition coefficient (Wildman–Crippen LogP) is 4.01. The highest BCUT2D eigenvalue weighted by Crippen LogP contribution is 2.26. The largest absolute Gasteiger partial charge is 0.468 e. The van der Waals surface area contributed by atoms with Crippen LogP contribution >= 0.6 is 11.8 Å². The van der Waals surface area contributed by atoms with Crippen molar-refractivity contribution in [2.45, 2.75) is 62.1 Å². The molecule has 5 nitrogen and oxygen atoms in total. The van der Waals surface area contributed by atoms with Gasteiger partial charge in [0.15, 0.2) is 0 Å². The van der Waals surface area contributed by atoms with Crippen LogP contribution < -0.4 is 0 Å². The minimum absolute atomic E-state index is 0.116. The Labute approximate surface area is 148 Å². The highest BCUT2D eigenvalue weighted by atomic mass is 32.2. The van der Waals surface area contributed by atoms with Crippen molar-refractivity contribution in [3.05, 3.63) is 24.4 Å². The Bertz CT molecular complexity index is 481. The van der Waals surface area contributed by atoms with Gasteiger partial charge >= 0.3 is 11.9 Å². The maximum absolute atomic E-state index is 11.9. The summed E-state index contributed by atoms with van der Waals surface area (Å²) >= 11 is 1.45. The van der Waals surface area contributed by atoms with E-state index in [2.05, 4.69) is 4.98 Å². The predicted molar refractivity (Wildman–Crippen MR) is 94.9 cm³/mol. The molecule has 134 valence electrons. The van der Waals surface area contributed by atoms with E-state index in [1.807, 2.05) is 25.1 Å². The van der Waals surface area contributed by atoms with Crippen molar-refractivity contribution in [3.8, 4) is 0 Å². The molecular formula is C18H27NO4S. The third kappa shape index (κ3) is 8.91. The van der Waals surface area contributed by atoms with Gasteiger partial charge in [-0.1, -0.05) is 43.5 Å². The number of nitrogens with zero attached hydrogens (tertiary/aromatic N) is 1. The first-order valence-corrected chi connectivity index (χ1v) is 9.36. The summed E-state index contributed by atoms with van der Waals surface area (Å²) in [4.78, 5) is 27.4. The molecule has 1 rings (SSSR count). The second kappa shape index (κ2) is 12.8. The topological polar surface area (TPSA) is 65.5 Å². The number of esters is 2. The number of pyridine rings is 1. The van der Waals surface area contributed by atoms with Crippen LogP contribution in [0.5, 0.6) is 0 Å². The summed E-state index contributed by atoms with van der Waals surface area (Å²) in [5, 5.41) is 0.617. The standard InChI is InChI=1S/C18H27NO4S/c1-3-23-17(20)13-8-6-4-5-7-11-15(18(21)22-2)24-16-12-9-10-14-19-16/h9-10,12,14-15H,3-8,11,13H2,1-2H3. The van der Waals surface area contributed by atoms with Gasteiger partial charge in [0.25, 0.3) is 0 Å². The molecule has 0 aromatic carbocycles. The number of carbonyl (C=O) groups is 2. The first-order chi connectivity index (χ1) is 11.7. The van der Waals surface area contributed by atoms with E-state index in [4.69, 9.17) is 9.47 Å². The number of hydrogen-bond donors (Lipinski definition) is 0. The van der Waals surface area contributed by atoms with Gasteiger partial charge < -0.3 is 9.47 Å². The van der Waals surface area contributed by atoms with Crippen LogP contribution in [-0.2, 0) is 19.1 Å². The van der Waals surface area contributed by atoms with E-state index in [1.54, 1.807) is 6.20 Å². The lowest BCUT2D eigenvalue weighted by molar-refractivity contribution is -0.143. The molecule has 1 unspecified atom stereocenters.